The van der Waals surface area contributed by atoms with Crippen LogP contribution in [0.2, 0.25) is 0 Å². The second-order valence-corrected chi connectivity index (χ2v) is 26.0. The minimum absolute atomic E-state index is 0.129. The van der Waals surface area contributed by atoms with Crippen molar-refractivity contribution < 1.29 is 0 Å². The molecule has 7 aliphatic carbocycles. The van der Waals surface area contributed by atoms with E-state index in [1.165, 1.54) is 101 Å². The molecule has 6 atom stereocenters. The van der Waals surface area contributed by atoms with E-state index in [0.29, 0.717) is 17.8 Å². The third-order valence-electron chi connectivity index (χ3n) is 20.8. The van der Waals surface area contributed by atoms with Gasteiger partial charge in [0.2, 0.25) is 0 Å². The molecule has 1 fully saturated rings. The van der Waals surface area contributed by atoms with Gasteiger partial charge in [-0.25, -0.2) is 0 Å². The summed E-state index contributed by atoms with van der Waals surface area (Å²) in [5, 5.41) is 0. The molecule has 0 amide bonds. The molecule has 0 bridgehead atoms. The predicted molar refractivity (Wildman–Crippen MR) is 323 cm³/mol. The van der Waals surface area contributed by atoms with Crippen molar-refractivity contribution in [1.29, 1.82) is 0 Å². The summed E-state index contributed by atoms with van der Waals surface area (Å²) in [4.78, 5) is 8.22. The molecule has 3 nitrogen and oxygen atoms in total. The van der Waals surface area contributed by atoms with Gasteiger partial charge in [-0.05, 0) is 159 Å². The smallest absolute Gasteiger partial charge is 0.0635 e. The summed E-state index contributed by atoms with van der Waals surface area (Å²) in [6.07, 6.45) is 33.4. The van der Waals surface area contributed by atoms with E-state index in [4.69, 9.17) is 0 Å². The zero-order chi connectivity index (χ0) is 52.3. The number of anilines is 5. The Morgan fingerprint density at radius 1 is 0.597 bits per heavy atom. The van der Waals surface area contributed by atoms with Gasteiger partial charge >= 0.3 is 0 Å². The zero-order valence-corrected chi connectivity index (χ0v) is 46.2. The summed E-state index contributed by atoms with van der Waals surface area (Å²) in [5.41, 5.74) is 25.5. The summed E-state index contributed by atoms with van der Waals surface area (Å²) < 4.78 is 0. The number of hydrogen-bond acceptors (Lipinski definition) is 3. The zero-order valence-electron chi connectivity index (χ0n) is 46.2. The van der Waals surface area contributed by atoms with Gasteiger partial charge in [-0.15, -0.1) is 0 Å². The number of rotatable bonds is 6. The van der Waals surface area contributed by atoms with Crippen LogP contribution in [0.15, 0.2) is 211 Å². The Kier molecular flexibility index (Phi) is 10.1. The van der Waals surface area contributed by atoms with Crippen LogP contribution in [0.4, 0.5) is 28.4 Å². The topological polar surface area (TPSA) is 9.72 Å². The third-order valence-corrected chi connectivity index (χ3v) is 20.8. The van der Waals surface area contributed by atoms with Gasteiger partial charge in [-0.2, -0.15) is 0 Å². The molecule has 3 heteroatoms. The van der Waals surface area contributed by atoms with E-state index in [1.807, 2.05) is 0 Å². The lowest BCUT2D eigenvalue weighted by Gasteiger charge is -2.59. The molecule has 9 aliphatic rings. The number of nitrogens with zero attached hydrogens (tertiary/aromatic N) is 3. The van der Waals surface area contributed by atoms with Crippen molar-refractivity contribution in [2.24, 2.45) is 29.1 Å². The Morgan fingerprint density at radius 2 is 1.32 bits per heavy atom. The molecule has 6 aromatic rings. The largest absolute Gasteiger partial charge is 0.337 e. The summed E-state index contributed by atoms with van der Waals surface area (Å²) >= 11 is 0. The number of para-hydroxylation sites is 1. The van der Waals surface area contributed by atoms with Crippen LogP contribution < -0.4 is 14.7 Å². The van der Waals surface area contributed by atoms with Gasteiger partial charge in [0.15, 0.2) is 0 Å². The van der Waals surface area contributed by atoms with Crippen molar-refractivity contribution in [2.75, 3.05) is 14.7 Å². The molecule has 0 radical (unpaired) electrons. The molecule has 6 aromatic carbocycles. The highest BCUT2D eigenvalue weighted by molar-refractivity contribution is 5.87. The molecule has 6 unspecified atom stereocenters. The first-order valence-corrected chi connectivity index (χ1v) is 28.8. The van der Waals surface area contributed by atoms with E-state index in [1.54, 1.807) is 5.57 Å². The molecule has 2 heterocycles. The standard InChI is InChI=1S/C74H71N3/c1-71(2)58-29-15-13-27-54(58)56-38-35-48(41-61(56)71)75(66-33-19-23-46-21-9-11-25-52(46)66)50-37-40-69-63(43-50)74(7,8)65-45-51(44-64-70(65)77(69)68-32-18-17-31-60(68)73(64,5)6)76(67-34-20-24-47-22-10-12-26-53(47)67)49-36-39-57-55-28-14-16-30-59(55)72(3,4)62(57)42-49/h9-11,13-25,27-32,34-40,42-45,54,58,61,64,66,70H,12,26,33,41H2,1-8H3. The van der Waals surface area contributed by atoms with Crippen LogP contribution in [0, 0.1) is 29.1 Å². The fourth-order valence-corrected chi connectivity index (χ4v) is 16.7. The highest BCUT2D eigenvalue weighted by atomic mass is 15.2. The van der Waals surface area contributed by atoms with Crippen LogP contribution in [0.5, 0.6) is 0 Å². The molecule has 0 saturated heterocycles. The average molecular weight is 1000 g/mol. The quantitative estimate of drug-likeness (QED) is 0.165. The molecule has 382 valence electrons. The van der Waals surface area contributed by atoms with Gasteiger partial charge in [0.25, 0.3) is 0 Å². The van der Waals surface area contributed by atoms with Gasteiger partial charge < -0.3 is 14.7 Å². The van der Waals surface area contributed by atoms with Gasteiger partial charge in [0.05, 0.1) is 12.1 Å². The number of fused-ring (bicyclic) bond motifs is 12. The fraction of sp³-hybridized carbons (Fsp3) is 0.297. The highest BCUT2D eigenvalue weighted by Gasteiger charge is 2.56. The van der Waals surface area contributed by atoms with E-state index in [9.17, 15) is 0 Å². The second-order valence-electron chi connectivity index (χ2n) is 26.0. The normalized spacial score (nSPS) is 25.9. The maximum absolute atomic E-state index is 2.78. The summed E-state index contributed by atoms with van der Waals surface area (Å²) in [6.45, 7) is 20.0. The lowest BCUT2D eigenvalue weighted by atomic mass is 9.57. The first kappa shape index (κ1) is 46.9. The van der Waals surface area contributed by atoms with Crippen LogP contribution in [-0.4, -0.2) is 6.04 Å². The SMILES string of the molecule is CC1(C)C2=CC(N(c3ccc4c(c3)C(C)(C)c3ccccc3-4)c3cccc4c3CCC=C4)=CC3C2N(c2ccc(N(C4=CC=C5C6C=CC=CC6C(C)(C)C5C4)C4CC=Cc5ccccc54)cc21)c1ccccc1C3(C)C. The van der Waals surface area contributed by atoms with Crippen molar-refractivity contribution in [3.05, 3.63) is 255 Å². The summed E-state index contributed by atoms with van der Waals surface area (Å²) in [5.74, 6) is 1.62. The summed E-state index contributed by atoms with van der Waals surface area (Å²) in [6, 6.07) is 49.9. The van der Waals surface area contributed by atoms with E-state index in [2.05, 4.69) is 270 Å². The second kappa shape index (κ2) is 16.6. The molecule has 0 aromatic heterocycles. The molecule has 15 rings (SSSR count). The Hall–Kier alpha value is -7.36. The average Bonchev–Trinajstić information content (AvgIpc) is 4.04. The molecule has 77 heavy (non-hydrogen) atoms. The van der Waals surface area contributed by atoms with E-state index in [-0.39, 0.29) is 39.7 Å². The van der Waals surface area contributed by atoms with Crippen LogP contribution in [0.25, 0.3) is 23.3 Å². The molecule has 0 N–H and O–H groups in total. The fourth-order valence-electron chi connectivity index (χ4n) is 16.7. The number of hydrogen-bond donors (Lipinski definition) is 0. The Balaban J connectivity index is 0.930. The first-order chi connectivity index (χ1) is 37.2. The van der Waals surface area contributed by atoms with Crippen LogP contribution in [0.1, 0.15) is 125 Å². The first-order valence-electron chi connectivity index (χ1n) is 28.8. The van der Waals surface area contributed by atoms with E-state index >= 15 is 0 Å². The predicted octanol–water partition coefficient (Wildman–Crippen LogP) is 18.5. The van der Waals surface area contributed by atoms with Crippen molar-refractivity contribution >= 4 is 40.6 Å². The van der Waals surface area contributed by atoms with Crippen molar-refractivity contribution in [1.82, 2.24) is 0 Å². The maximum atomic E-state index is 2.78. The summed E-state index contributed by atoms with van der Waals surface area (Å²) in [7, 11) is 0. The highest BCUT2D eigenvalue weighted by Crippen LogP contribution is 2.63. The molecule has 0 spiro atoms. The molecule has 2 aliphatic heterocycles. The maximum Gasteiger partial charge on any atom is 0.0635 e. The molecular formula is C74H71N3. The lowest BCUT2D eigenvalue weighted by Crippen LogP contribution is -2.57. The minimum atomic E-state index is -0.329. The Bertz CT molecular complexity index is 3780. The Labute approximate surface area is 457 Å². The lowest BCUT2D eigenvalue weighted by molar-refractivity contribution is 0.215. The van der Waals surface area contributed by atoms with E-state index < -0.39 is 0 Å². The Morgan fingerprint density at radius 3 is 2.21 bits per heavy atom. The van der Waals surface area contributed by atoms with Crippen molar-refractivity contribution in [2.45, 2.75) is 109 Å². The molecular weight excluding hydrogens is 931 g/mol. The monoisotopic (exact) mass is 1000 g/mol. The van der Waals surface area contributed by atoms with E-state index in [0.717, 1.165) is 25.7 Å². The van der Waals surface area contributed by atoms with Gasteiger partial charge in [-0.3, -0.25) is 0 Å². The minimum Gasteiger partial charge on any atom is -0.337 e. The van der Waals surface area contributed by atoms with Gasteiger partial charge in [0.1, 0.15) is 0 Å². The van der Waals surface area contributed by atoms with Gasteiger partial charge in [-0.1, -0.05) is 207 Å². The van der Waals surface area contributed by atoms with Crippen LogP contribution in [0.3, 0.4) is 0 Å². The number of benzene rings is 6. The number of allylic oxidation sites excluding steroid dienone is 10. The molecule has 1 saturated carbocycles. The van der Waals surface area contributed by atoms with Gasteiger partial charge in [0, 0.05) is 67.9 Å². The van der Waals surface area contributed by atoms with Crippen molar-refractivity contribution in [3.8, 4) is 11.1 Å². The van der Waals surface area contributed by atoms with Crippen LogP contribution >= 0.6 is 0 Å². The van der Waals surface area contributed by atoms with Crippen molar-refractivity contribution in [3.63, 3.8) is 0 Å². The third kappa shape index (κ3) is 6.62. The van der Waals surface area contributed by atoms with Crippen LogP contribution in [-0.2, 0) is 22.7 Å².